The van der Waals surface area contributed by atoms with Crippen molar-refractivity contribution in [3.8, 4) is 0 Å². The summed E-state index contributed by atoms with van der Waals surface area (Å²) in [6.07, 6.45) is 0. The van der Waals surface area contributed by atoms with Crippen LogP contribution in [-0.2, 0) is 6.54 Å². The minimum Gasteiger partial charge on any atom is -0.379 e. The zero-order valence-corrected chi connectivity index (χ0v) is 10.3. The zero-order valence-electron chi connectivity index (χ0n) is 8.64. The maximum atomic E-state index is 3.49. The molecule has 1 aromatic carbocycles. The first-order chi connectivity index (χ1) is 7.93. The van der Waals surface area contributed by atoms with Gasteiger partial charge in [0.2, 0.25) is 0 Å². The zero-order chi connectivity index (χ0) is 10.8. The fraction of sp³-hybridized carbons (Fsp3) is 0.0769. The van der Waals surface area contributed by atoms with Crippen LogP contribution in [0.2, 0.25) is 0 Å². The van der Waals surface area contributed by atoms with Crippen LogP contribution in [0.4, 0.5) is 5.69 Å². The van der Waals surface area contributed by atoms with Crippen molar-refractivity contribution in [1.29, 1.82) is 0 Å². The molecular weight excluding hydrogens is 234 g/mol. The Labute approximate surface area is 102 Å². The average Bonchev–Trinajstić information content (AvgIpc) is 2.96. The van der Waals surface area contributed by atoms with Crippen molar-refractivity contribution in [3.05, 3.63) is 52.0 Å². The second-order valence-electron chi connectivity index (χ2n) is 3.58. The van der Waals surface area contributed by atoms with Crippen LogP contribution in [0.1, 0.15) is 4.88 Å². The molecule has 0 unspecified atom stereocenters. The van der Waals surface area contributed by atoms with Crippen molar-refractivity contribution in [3.63, 3.8) is 0 Å². The highest BCUT2D eigenvalue weighted by molar-refractivity contribution is 7.17. The van der Waals surface area contributed by atoms with Gasteiger partial charge < -0.3 is 5.32 Å². The molecule has 0 fully saturated rings. The van der Waals surface area contributed by atoms with Gasteiger partial charge in [0.05, 0.1) is 5.69 Å². The van der Waals surface area contributed by atoms with E-state index in [0.717, 1.165) is 6.54 Å². The van der Waals surface area contributed by atoms with Gasteiger partial charge in [0.25, 0.3) is 0 Å². The number of thiophene rings is 2. The number of fused-ring (bicyclic) bond motifs is 1. The smallest absolute Gasteiger partial charge is 0.0531 e. The Bertz CT molecular complexity index is 581. The van der Waals surface area contributed by atoms with E-state index < -0.39 is 0 Å². The Morgan fingerprint density at radius 1 is 1.00 bits per heavy atom. The Balaban J connectivity index is 1.84. The second-order valence-corrected chi connectivity index (χ2v) is 5.52. The van der Waals surface area contributed by atoms with Crippen LogP contribution in [0.15, 0.2) is 47.2 Å². The molecule has 3 aromatic rings. The van der Waals surface area contributed by atoms with Crippen LogP contribution in [-0.4, -0.2) is 0 Å². The van der Waals surface area contributed by atoms with E-state index in [-0.39, 0.29) is 0 Å². The van der Waals surface area contributed by atoms with E-state index in [1.807, 2.05) is 0 Å². The highest BCUT2D eigenvalue weighted by atomic mass is 32.1. The number of benzene rings is 1. The second kappa shape index (κ2) is 4.28. The lowest BCUT2D eigenvalue weighted by Gasteiger charge is -2.02. The first-order valence-electron chi connectivity index (χ1n) is 5.16. The summed E-state index contributed by atoms with van der Waals surface area (Å²) < 4.78 is 1.34. The summed E-state index contributed by atoms with van der Waals surface area (Å²) in [5, 5.41) is 9.12. The predicted molar refractivity (Wildman–Crippen MR) is 73.5 cm³/mol. The average molecular weight is 245 g/mol. The summed E-state index contributed by atoms with van der Waals surface area (Å²) >= 11 is 3.58. The van der Waals surface area contributed by atoms with E-state index in [2.05, 4.69) is 52.5 Å². The SMILES string of the molecule is c1csc(CNc2csc3ccccc23)c1. The highest BCUT2D eigenvalue weighted by Gasteiger charge is 2.02. The molecule has 3 heteroatoms. The standard InChI is InChI=1S/C13H11NS2/c1-2-6-13-11(5-1)12(9-16-13)14-8-10-4-3-7-15-10/h1-7,9,14H,8H2. The number of rotatable bonds is 3. The molecule has 0 amide bonds. The molecule has 0 aliphatic heterocycles. The summed E-state index contributed by atoms with van der Waals surface area (Å²) in [5.41, 5.74) is 1.24. The van der Waals surface area contributed by atoms with Crippen molar-refractivity contribution < 1.29 is 0 Å². The van der Waals surface area contributed by atoms with Gasteiger partial charge in [0.1, 0.15) is 0 Å². The van der Waals surface area contributed by atoms with Crippen molar-refractivity contribution in [1.82, 2.24) is 0 Å². The van der Waals surface area contributed by atoms with Crippen molar-refractivity contribution in [2.24, 2.45) is 0 Å². The Morgan fingerprint density at radius 2 is 1.94 bits per heavy atom. The summed E-state index contributed by atoms with van der Waals surface area (Å²) in [5.74, 6) is 0. The molecule has 80 valence electrons. The van der Waals surface area contributed by atoms with Crippen LogP contribution in [0, 0.1) is 0 Å². The first kappa shape index (κ1) is 9.87. The molecule has 0 bridgehead atoms. The Hall–Kier alpha value is -1.32. The summed E-state index contributed by atoms with van der Waals surface area (Å²) in [7, 11) is 0. The normalized spacial score (nSPS) is 10.8. The maximum absolute atomic E-state index is 3.49. The fourth-order valence-corrected chi connectivity index (χ4v) is 3.27. The van der Waals surface area contributed by atoms with Crippen molar-refractivity contribution in [2.75, 3.05) is 5.32 Å². The Morgan fingerprint density at radius 3 is 2.81 bits per heavy atom. The van der Waals surface area contributed by atoms with Crippen LogP contribution in [0.25, 0.3) is 10.1 Å². The lowest BCUT2D eigenvalue weighted by molar-refractivity contribution is 1.20. The van der Waals surface area contributed by atoms with Gasteiger partial charge in [-0.1, -0.05) is 24.3 Å². The van der Waals surface area contributed by atoms with Crippen LogP contribution in [0.3, 0.4) is 0 Å². The number of nitrogens with one attached hydrogen (secondary N) is 1. The molecule has 1 nitrogen and oxygen atoms in total. The molecule has 2 heterocycles. The summed E-state index contributed by atoms with van der Waals surface area (Å²) in [4.78, 5) is 1.37. The number of hydrogen-bond acceptors (Lipinski definition) is 3. The molecule has 0 saturated heterocycles. The molecular formula is C13H11NS2. The van der Waals surface area contributed by atoms with Gasteiger partial charge in [0.15, 0.2) is 0 Å². The van der Waals surface area contributed by atoms with Gasteiger partial charge in [-0.2, -0.15) is 0 Å². The monoisotopic (exact) mass is 245 g/mol. The summed E-state index contributed by atoms with van der Waals surface area (Å²) in [6, 6.07) is 12.8. The minimum atomic E-state index is 0.915. The number of hydrogen-bond donors (Lipinski definition) is 1. The van der Waals surface area contributed by atoms with Gasteiger partial charge >= 0.3 is 0 Å². The molecule has 0 aliphatic rings. The van der Waals surface area contributed by atoms with Gasteiger partial charge in [0, 0.05) is 26.9 Å². The lowest BCUT2D eigenvalue weighted by atomic mass is 10.2. The van der Waals surface area contributed by atoms with Crippen molar-refractivity contribution in [2.45, 2.75) is 6.54 Å². The predicted octanol–water partition coefficient (Wildman–Crippen LogP) is 4.57. The largest absolute Gasteiger partial charge is 0.379 e. The quantitative estimate of drug-likeness (QED) is 0.712. The molecule has 0 spiro atoms. The van der Waals surface area contributed by atoms with E-state index in [9.17, 15) is 0 Å². The van der Waals surface area contributed by atoms with E-state index in [0.29, 0.717) is 0 Å². The molecule has 0 aliphatic carbocycles. The van der Waals surface area contributed by atoms with E-state index in [4.69, 9.17) is 0 Å². The minimum absolute atomic E-state index is 0.915. The third kappa shape index (κ3) is 1.84. The molecule has 0 saturated carbocycles. The molecule has 0 radical (unpaired) electrons. The van der Waals surface area contributed by atoms with Gasteiger partial charge in [-0.05, 0) is 17.5 Å². The van der Waals surface area contributed by atoms with Gasteiger partial charge in [-0.25, -0.2) is 0 Å². The summed E-state index contributed by atoms with van der Waals surface area (Å²) in [6.45, 7) is 0.915. The van der Waals surface area contributed by atoms with E-state index >= 15 is 0 Å². The van der Waals surface area contributed by atoms with Crippen LogP contribution >= 0.6 is 22.7 Å². The molecule has 1 N–H and O–H groups in total. The molecule has 0 atom stereocenters. The molecule has 2 aromatic heterocycles. The third-order valence-corrected chi connectivity index (χ3v) is 4.35. The van der Waals surface area contributed by atoms with E-state index in [1.54, 1.807) is 22.7 Å². The van der Waals surface area contributed by atoms with Gasteiger partial charge in [-0.15, -0.1) is 22.7 Å². The molecule has 3 rings (SSSR count). The third-order valence-electron chi connectivity index (χ3n) is 2.51. The fourth-order valence-electron chi connectivity index (χ4n) is 1.71. The van der Waals surface area contributed by atoms with Crippen LogP contribution < -0.4 is 5.32 Å². The Kier molecular flexibility index (Phi) is 2.64. The highest BCUT2D eigenvalue weighted by Crippen LogP contribution is 2.30. The van der Waals surface area contributed by atoms with Gasteiger partial charge in [-0.3, -0.25) is 0 Å². The molecule has 16 heavy (non-hydrogen) atoms. The first-order valence-corrected chi connectivity index (χ1v) is 6.92. The van der Waals surface area contributed by atoms with Crippen molar-refractivity contribution >= 4 is 38.4 Å². The maximum Gasteiger partial charge on any atom is 0.0531 e. The lowest BCUT2D eigenvalue weighted by Crippen LogP contribution is -1.95. The number of anilines is 1. The topological polar surface area (TPSA) is 12.0 Å². The van der Waals surface area contributed by atoms with Crippen LogP contribution in [0.5, 0.6) is 0 Å². The van der Waals surface area contributed by atoms with E-state index in [1.165, 1.54) is 20.7 Å².